The van der Waals surface area contributed by atoms with Crippen molar-refractivity contribution in [3.63, 3.8) is 0 Å². The van der Waals surface area contributed by atoms with Crippen LogP contribution in [-0.2, 0) is 14.8 Å². The Morgan fingerprint density at radius 2 is 1.72 bits per heavy atom. The molecule has 0 spiro atoms. The second-order valence-corrected chi connectivity index (χ2v) is 9.06. The fraction of sp³-hybridized carbons (Fsp3) is 0.333. The zero-order valence-corrected chi connectivity index (χ0v) is 17.1. The summed E-state index contributed by atoms with van der Waals surface area (Å²) in [6, 6.07) is 14.8. The van der Waals surface area contributed by atoms with Gasteiger partial charge in [0.1, 0.15) is 6.54 Å². The molecule has 7 nitrogen and oxygen atoms in total. The van der Waals surface area contributed by atoms with Crippen LogP contribution in [0.25, 0.3) is 0 Å². The maximum Gasteiger partial charge on any atom is 0.264 e. The first-order chi connectivity index (χ1) is 13.8. The first kappa shape index (κ1) is 20.8. The highest BCUT2D eigenvalue weighted by atomic mass is 32.2. The second kappa shape index (κ2) is 8.64. The summed E-state index contributed by atoms with van der Waals surface area (Å²) < 4.78 is 27.8. The molecule has 0 atom stereocenters. The van der Waals surface area contributed by atoms with E-state index in [0.29, 0.717) is 37.2 Å². The minimum atomic E-state index is -3.96. The summed E-state index contributed by atoms with van der Waals surface area (Å²) in [7, 11) is -3.96. The smallest absolute Gasteiger partial charge is 0.264 e. The summed E-state index contributed by atoms with van der Waals surface area (Å²) in [5, 5.41) is 9.02. The Balaban J connectivity index is 1.94. The molecule has 2 N–H and O–H groups in total. The number of sulfonamides is 1. The van der Waals surface area contributed by atoms with E-state index in [9.17, 15) is 13.2 Å². The van der Waals surface area contributed by atoms with E-state index in [4.69, 9.17) is 11.0 Å². The number of amides is 1. The molecule has 2 aromatic rings. The first-order valence-electron chi connectivity index (χ1n) is 9.44. The van der Waals surface area contributed by atoms with Crippen LogP contribution in [0.3, 0.4) is 0 Å². The molecule has 0 unspecified atom stereocenters. The quantitative estimate of drug-likeness (QED) is 0.808. The minimum absolute atomic E-state index is 0.0740. The van der Waals surface area contributed by atoms with Crippen molar-refractivity contribution in [1.29, 1.82) is 5.26 Å². The normalized spacial score (nSPS) is 15.0. The highest BCUT2D eigenvalue weighted by Crippen LogP contribution is 2.25. The van der Waals surface area contributed by atoms with Gasteiger partial charge in [-0.15, -0.1) is 0 Å². The van der Waals surface area contributed by atoms with Gasteiger partial charge in [-0.1, -0.05) is 17.7 Å². The van der Waals surface area contributed by atoms with E-state index in [1.54, 1.807) is 29.2 Å². The molecule has 0 bridgehead atoms. The maximum atomic E-state index is 13.3. The Labute approximate surface area is 171 Å². The van der Waals surface area contributed by atoms with Gasteiger partial charge in [0.2, 0.25) is 5.91 Å². The van der Waals surface area contributed by atoms with Gasteiger partial charge in [-0.25, -0.2) is 8.42 Å². The summed E-state index contributed by atoms with van der Waals surface area (Å²) in [6.45, 7) is 2.61. The van der Waals surface area contributed by atoms with E-state index < -0.39 is 10.0 Å². The molecule has 0 radical (unpaired) electrons. The summed E-state index contributed by atoms with van der Waals surface area (Å²) in [6.07, 6.45) is 1.40. The molecule has 3 rings (SSSR count). The number of hydrogen-bond donors (Lipinski definition) is 1. The van der Waals surface area contributed by atoms with Crippen molar-refractivity contribution in [2.24, 2.45) is 5.73 Å². The van der Waals surface area contributed by atoms with Crippen molar-refractivity contribution < 1.29 is 13.2 Å². The molecular weight excluding hydrogens is 388 g/mol. The van der Waals surface area contributed by atoms with Gasteiger partial charge < -0.3 is 10.6 Å². The zero-order valence-electron chi connectivity index (χ0n) is 16.3. The number of carbonyl (C=O) groups excluding carboxylic acids is 1. The van der Waals surface area contributed by atoms with Crippen molar-refractivity contribution in [1.82, 2.24) is 4.90 Å². The lowest BCUT2D eigenvalue weighted by atomic mass is 10.1. The molecule has 1 amide bonds. The Bertz CT molecular complexity index is 1000. The molecule has 1 saturated heterocycles. The third kappa shape index (κ3) is 4.75. The third-order valence-electron chi connectivity index (χ3n) is 5.06. The summed E-state index contributed by atoms with van der Waals surface area (Å²) in [5.41, 5.74) is 7.60. The average Bonchev–Trinajstić information content (AvgIpc) is 2.72. The number of benzene rings is 2. The van der Waals surface area contributed by atoms with E-state index in [-0.39, 0.29) is 23.4 Å². The Morgan fingerprint density at radius 3 is 2.28 bits per heavy atom. The molecule has 2 aromatic carbocycles. The lowest BCUT2D eigenvalue weighted by Gasteiger charge is -2.32. The van der Waals surface area contributed by atoms with Crippen molar-refractivity contribution in [3.8, 4) is 6.07 Å². The van der Waals surface area contributed by atoms with Crippen LogP contribution in [0.5, 0.6) is 0 Å². The summed E-state index contributed by atoms with van der Waals surface area (Å²) in [5.74, 6) is -0.267. The fourth-order valence-corrected chi connectivity index (χ4v) is 4.64. The SMILES string of the molecule is Cc1ccc(S(=O)(=O)N(CC(=O)N2CCC(N)CC2)c2ccc(C#N)cc2)cc1. The highest BCUT2D eigenvalue weighted by molar-refractivity contribution is 7.92. The van der Waals surface area contributed by atoms with E-state index in [0.717, 1.165) is 9.87 Å². The van der Waals surface area contributed by atoms with Crippen molar-refractivity contribution in [2.75, 3.05) is 23.9 Å². The Kier molecular flexibility index (Phi) is 6.20. The largest absolute Gasteiger partial charge is 0.341 e. The van der Waals surface area contributed by atoms with Crippen molar-refractivity contribution in [2.45, 2.75) is 30.7 Å². The third-order valence-corrected chi connectivity index (χ3v) is 6.85. The second-order valence-electron chi connectivity index (χ2n) is 7.20. The monoisotopic (exact) mass is 412 g/mol. The maximum absolute atomic E-state index is 13.3. The Hall–Kier alpha value is -2.89. The van der Waals surface area contributed by atoms with Gasteiger partial charge in [-0.2, -0.15) is 5.26 Å². The number of hydrogen-bond acceptors (Lipinski definition) is 5. The van der Waals surface area contributed by atoms with E-state index in [2.05, 4.69) is 0 Å². The van der Waals surface area contributed by atoms with Gasteiger partial charge in [-0.05, 0) is 56.2 Å². The molecule has 29 heavy (non-hydrogen) atoms. The first-order valence-corrected chi connectivity index (χ1v) is 10.9. The van der Waals surface area contributed by atoms with Crippen LogP contribution >= 0.6 is 0 Å². The number of anilines is 1. The lowest BCUT2D eigenvalue weighted by Crippen LogP contribution is -2.48. The van der Waals surface area contributed by atoms with Gasteiger partial charge in [0.15, 0.2) is 0 Å². The summed E-state index contributed by atoms with van der Waals surface area (Å²) >= 11 is 0. The van der Waals surface area contributed by atoms with Crippen LogP contribution in [0.4, 0.5) is 5.69 Å². The minimum Gasteiger partial charge on any atom is -0.341 e. The molecule has 152 valence electrons. The van der Waals surface area contributed by atoms with Crippen LogP contribution in [0, 0.1) is 18.3 Å². The molecule has 0 saturated carbocycles. The Morgan fingerprint density at radius 1 is 1.14 bits per heavy atom. The number of rotatable bonds is 5. The number of aryl methyl sites for hydroxylation is 1. The predicted octanol–water partition coefficient (Wildman–Crippen LogP) is 2.01. The van der Waals surface area contributed by atoms with Gasteiger partial charge >= 0.3 is 0 Å². The fourth-order valence-electron chi connectivity index (χ4n) is 3.23. The van der Waals surface area contributed by atoms with Crippen LogP contribution in [0.2, 0.25) is 0 Å². The number of likely N-dealkylation sites (tertiary alicyclic amines) is 1. The van der Waals surface area contributed by atoms with Crippen molar-refractivity contribution >= 4 is 21.6 Å². The van der Waals surface area contributed by atoms with Crippen LogP contribution < -0.4 is 10.0 Å². The number of nitriles is 1. The van der Waals surface area contributed by atoms with Gasteiger partial charge in [0.05, 0.1) is 22.2 Å². The lowest BCUT2D eigenvalue weighted by molar-refractivity contribution is -0.130. The molecular formula is C21H24N4O3S. The van der Waals surface area contributed by atoms with Gasteiger partial charge in [-0.3, -0.25) is 9.10 Å². The molecule has 1 aliphatic heterocycles. The van der Waals surface area contributed by atoms with Crippen LogP contribution in [0.1, 0.15) is 24.0 Å². The topological polar surface area (TPSA) is 108 Å². The molecule has 0 aliphatic carbocycles. The van der Waals surface area contributed by atoms with Crippen LogP contribution in [-0.4, -0.2) is 44.9 Å². The van der Waals surface area contributed by atoms with E-state index in [1.165, 1.54) is 24.3 Å². The average molecular weight is 413 g/mol. The van der Waals surface area contributed by atoms with Gasteiger partial charge in [0.25, 0.3) is 10.0 Å². The van der Waals surface area contributed by atoms with E-state index in [1.807, 2.05) is 13.0 Å². The zero-order chi connectivity index (χ0) is 21.0. The predicted molar refractivity (Wildman–Crippen MR) is 111 cm³/mol. The number of nitrogens with zero attached hydrogens (tertiary/aromatic N) is 3. The number of piperidine rings is 1. The molecule has 0 aromatic heterocycles. The molecule has 1 aliphatic rings. The van der Waals surface area contributed by atoms with Crippen LogP contribution in [0.15, 0.2) is 53.4 Å². The van der Waals surface area contributed by atoms with Gasteiger partial charge in [0, 0.05) is 19.1 Å². The molecule has 8 heteroatoms. The number of nitrogens with two attached hydrogens (primary N) is 1. The molecule has 1 fully saturated rings. The number of carbonyl (C=O) groups is 1. The van der Waals surface area contributed by atoms with E-state index >= 15 is 0 Å². The molecule has 1 heterocycles. The van der Waals surface area contributed by atoms with Crippen molar-refractivity contribution in [3.05, 3.63) is 59.7 Å². The summed E-state index contributed by atoms with van der Waals surface area (Å²) in [4.78, 5) is 14.6. The standard InChI is InChI=1S/C21H24N4O3S/c1-16-2-8-20(9-3-16)29(27,28)25(19-6-4-17(14-22)5-7-19)15-21(26)24-12-10-18(23)11-13-24/h2-9,18H,10-13,15,23H2,1H3. The highest BCUT2D eigenvalue weighted by Gasteiger charge is 2.30.